The summed E-state index contributed by atoms with van der Waals surface area (Å²) >= 11 is 6.45. The SMILES string of the molecule is Cc1nn(C)c(CC2(CNC(C)(C)C)CCOC2C)c1Cl. The van der Waals surface area contributed by atoms with Crippen LogP contribution in [0.2, 0.25) is 5.02 Å². The molecule has 0 bridgehead atoms. The van der Waals surface area contributed by atoms with Crippen molar-refractivity contribution < 1.29 is 4.74 Å². The van der Waals surface area contributed by atoms with Crippen LogP contribution in [-0.4, -0.2) is 34.6 Å². The highest BCUT2D eigenvalue weighted by Crippen LogP contribution is 2.39. The quantitative estimate of drug-likeness (QED) is 0.928. The zero-order valence-electron chi connectivity index (χ0n) is 14.1. The number of aryl methyl sites for hydroxylation is 2. The lowest BCUT2D eigenvalue weighted by Crippen LogP contribution is -2.48. The number of hydrogen-bond acceptors (Lipinski definition) is 3. The second-order valence-corrected chi connectivity index (χ2v) is 7.75. The fourth-order valence-corrected chi connectivity index (χ4v) is 3.22. The number of hydrogen-bond donors (Lipinski definition) is 1. The Morgan fingerprint density at radius 2 is 2.14 bits per heavy atom. The molecule has 1 saturated heterocycles. The topological polar surface area (TPSA) is 39.1 Å². The van der Waals surface area contributed by atoms with E-state index in [0.29, 0.717) is 0 Å². The molecule has 2 heterocycles. The molecule has 1 aromatic rings. The normalized spacial score (nSPS) is 26.5. The minimum Gasteiger partial charge on any atom is -0.378 e. The van der Waals surface area contributed by atoms with Crippen LogP contribution in [0.5, 0.6) is 0 Å². The molecular weight excluding hydrogens is 286 g/mol. The molecule has 0 spiro atoms. The molecule has 1 N–H and O–H groups in total. The van der Waals surface area contributed by atoms with Crippen LogP contribution in [0.1, 0.15) is 45.5 Å². The Morgan fingerprint density at radius 3 is 2.57 bits per heavy atom. The summed E-state index contributed by atoms with van der Waals surface area (Å²) in [5.74, 6) is 0. The van der Waals surface area contributed by atoms with Gasteiger partial charge in [-0.3, -0.25) is 4.68 Å². The van der Waals surface area contributed by atoms with Crippen LogP contribution >= 0.6 is 11.6 Å². The first-order valence-corrected chi connectivity index (χ1v) is 8.07. The van der Waals surface area contributed by atoms with E-state index in [0.717, 1.165) is 42.4 Å². The van der Waals surface area contributed by atoms with E-state index in [1.807, 2.05) is 18.7 Å². The highest BCUT2D eigenvalue weighted by atomic mass is 35.5. The summed E-state index contributed by atoms with van der Waals surface area (Å²) in [6.07, 6.45) is 2.17. The van der Waals surface area contributed by atoms with Gasteiger partial charge in [0.15, 0.2) is 0 Å². The van der Waals surface area contributed by atoms with Gasteiger partial charge in [-0.15, -0.1) is 0 Å². The fourth-order valence-electron chi connectivity index (χ4n) is 2.99. The summed E-state index contributed by atoms with van der Waals surface area (Å²) in [7, 11) is 1.97. The Morgan fingerprint density at radius 1 is 1.48 bits per heavy atom. The molecule has 0 amide bonds. The van der Waals surface area contributed by atoms with Crippen molar-refractivity contribution in [3.05, 3.63) is 16.4 Å². The maximum atomic E-state index is 6.45. The zero-order valence-corrected chi connectivity index (χ0v) is 14.8. The maximum absolute atomic E-state index is 6.45. The Hall–Kier alpha value is -0.580. The predicted octanol–water partition coefficient (Wildman–Crippen LogP) is 3.11. The minimum absolute atomic E-state index is 0.0805. The van der Waals surface area contributed by atoms with E-state index in [9.17, 15) is 0 Å². The summed E-state index contributed by atoms with van der Waals surface area (Å²) in [6, 6.07) is 0. The van der Waals surface area contributed by atoms with Crippen LogP contribution in [-0.2, 0) is 18.2 Å². The molecule has 1 fully saturated rings. The second kappa shape index (κ2) is 5.90. The van der Waals surface area contributed by atoms with E-state index < -0.39 is 0 Å². The van der Waals surface area contributed by atoms with Gasteiger partial charge in [-0.05, 0) is 41.0 Å². The number of rotatable bonds is 4. The molecular formula is C16H28ClN3O. The Bertz CT molecular complexity index is 506. The number of nitrogens with one attached hydrogen (secondary N) is 1. The molecule has 2 unspecified atom stereocenters. The van der Waals surface area contributed by atoms with E-state index in [1.54, 1.807) is 0 Å². The third-order valence-electron chi connectivity index (χ3n) is 4.58. The summed E-state index contributed by atoms with van der Waals surface area (Å²) in [5, 5.41) is 8.89. The van der Waals surface area contributed by atoms with Gasteiger partial charge in [0.2, 0.25) is 0 Å². The van der Waals surface area contributed by atoms with Crippen molar-refractivity contribution in [2.24, 2.45) is 12.5 Å². The first-order chi connectivity index (χ1) is 9.65. The van der Waals surface area contributed by atoms with Crippen LogP contribution in [0.15, 0.2) is 0 Å². The van der Waals surface area contributed by atoms with Gasteiger partial charge >= 0.3 is 0 Å². The Kier molecular flexibility index (Phi) is 4.72. The molecule has 0 radical (unpaired) electrons. The number of ether oxygens (including phenoxy) is 1. The van der Waals surface area contributed by atoms with Gasteiger partial charge in [0.1, 0.15) is 0 Å². The molecule has 21 heavy (non-hydrogen) atoms. The van der Waals surface area contributed by atoms with E-state index in [1.165, 1.54) is 0 Å². The molecule has 1 aliphatic heterocycles. The highest BCUT2D eigenvalue weighted by Gasteiger charge is 2.43. The molecule has 0 saturated carbocycles. The van der Waals surface area contributed by atoms with Crippen molar-refractivity contribution in [3.8, 4) is 0 Å². The van der Waals surface area contributed by atoms with Gasteiger partial charge in [-0.2, -0.15) is 5.10 Å². The Labute approximate surface area is 133 Å². The summed E-state index contributed by atoms with van der Waals surface area (Å²) < 4.78 is 7.80. The van der Waals surface area contributed by atoms with Crippen molar-refractivity contribution in [2.75, 3.05) is 13.2 Å². The first-order valence-electron chi connectivity index (χ1n) is 7.69. The zero-order chi connectivity index (χ0) is 15.8. The van der Waals surface area contributed by atoms with Gasteiger partial charge in [0, 0.05) is 37.6 Å². The summed E-state index contributed by atoms with van der Waals surface area (Å²) in [5.41, 5.74) is 2.19. The predicted molar refractivity (Wildman–Crippen MR) is 86.9 cm³/mol. The van der Waals surface area contributed by atoms with Gasteiger partial charge in [-0.25, -0.2) is 0 Å². The van der Waals surface area contributed by atoms with Crippen LogP contribution in [0.3, 0.4) is 0 Å². The van der Waals surface area contributed by atoms with Gasteiger partial charge in [-0.1, -0.05) is 11.6 Å². The van der Waals surface area contributed by atoms with Crippen molar-refractivity contribution >= 4 is 11.6 Å². The maximum Gasteiger partial charge on any atom is 0.0847 e. The van der Waals surface area contributed by atoms with E-state index in [4.69, 9.17) is 16.3 Å². The fraction of sp³-hybridized carbons (Fsp3) is 0.812. The molecule has 120 valence electrons. The summed E-state index contributed by atoms with van der Waals surface area (Å²) in [6.45, 7) is 12.5. The molecule has 2 atom stereocenters. The molecule has 0 aromatic carbocycles. The average molecular weight is 314 g/mol. The lowest BCUT2D eigenvalue weighted by atomic mass is 9.76. The smallest absolute Gasteiger partial charge is 0.0847 e. The average Bonchev–Trinajstić information content (AvgIpc) is 2.83. The van der Waals surface area contributed by atoms with Gasteiger partial charge in [0.25, 0.3) is 0 Å². The third kappa shape index (κ3) is 3.61. The molecule has 2 rings (SSSR count). The van der Waals surface area contributed by atoms with Crippen LogP contribution in [0.25, 0.3) is 0 Å². The molecule has 5 heteroatoms. The van der Waals surface area contributed by atoms with Crippen molar-refractivity contribution in [2.45, 2.75) is 59.1 Å². The van der Waals surface area contributed by atoms with Crippen LogP contribution in [0, 0.1) is 12.3 Å². The molecule has 1 aromatic heterocycles. The minimum atomic E-state index is 0.0805. The highest BCUT2D eigenvalue weighted by molar-refractivity contribution is 6.31. The second-order valence-electron chi connectivity index (χ2n) is 7.38. The van der Waals surface area contributed by atoms with Crippen LogP contribution in [0.4, 0.5) is 0 Å². The van der Waals surface area contributed by atoms with Gasteiger partial charge < -0.3 is 10.1 Å². The Balaban J connectivity index is 2.25. The largest absolute Gasteiger partial charge is 0.378 e. The molecule has 1 aliphatic rings. The van der Waals surface area contributed by atoms with Crippen molar-refractivity contribution in [1.82, 2.24) is 15.1 Å². The number of halogens is 1. The first kappa shape index (κ1) is 16.8. The van der Waals surface area contributed by atoms with E-state index in [2.05, 4.69) is 38.1 Å². The van der Waals surface area contributed by atoms with E-state index in [-0.39, 0.29) is 17.1 Å². The van der Waals surface area contributed by atoms with Crippen molar-refractivity contribution in [3.63, 3.8) is 0 Å². The monoisotopic (exact) mass is 313 g/mol. The number of aromatic nitrogens is 2. The lowest BCUT2D eigenvalue weighted by Gasteiger charge is -2.36. The standard InChI is InChI=1S/C16H28ClN3O/c1-11-14(17)13(20(6)19-11)9-16(7-8-21-12(16)2)10-18-15(3,4)5/h12,18H,7-10H2,1-6H3. The van der Waals surface area contributed by atoms with Gasteiger partial charge in [0.05, 0.1) is 22.5 Å². The lowest BCUT2D eigenvalue weighted by molar-refractivity contribution is 0.0588. The molecule has 0 aliphatic carbocycles. The third-order valence-corrected chi connectivity index (χ3v) is 5.07. The van der Waals surface area contributed by atoms with E-state index >= 15 is 0 Å². The molecule has 4 nitrogen and oxygen atoms in total. The number of nitrogens with zero attached hydrogens (tertiary/aromatic N) is 2. The summed E-state index contributed by atoms with van der Waals surface area (Å²) in [4.78, 5) is 0. The van der Waals surface area contributed by atoms with Crippen LogP contribution < -0.4 is 5.32 Å². The van der Waals surface area contributed by atoms with Crippen molar-refractivity contribution in [1.29, 1.82) is 0 Å².